The first-order chi connectivity index (χ1) is 9.74. The summed E-state index contributed by atoms with van der Waals surface area (Å²) in [6.45, 7) is 2.06. The van der Waals surface area contributed by atoms with E-state index >= 15 is 0 Å². The zero-order chi connectivity index (χ0) is 13.9. The minimum absolute atomic E-state index is 0. The monoisotopic (exact) mass is 403 g/mol. The molecule has 1 aliphatic carbocycles. The van der Waals surface area contributed by atoms with E-state index < -0.39 is 0 Å². The molecule has 1 aromatic carbocycles. The van der Waals surface area contributed by atoms with Crippen molar-refractivity contribution < 1.29 is 4.39 Å². The molecule has 116 valence electrons. The summed E-state index contributed by atoms with van der Waals surface area (Å²) in [5, 5.41) is 0. The summed E-state index contributed by atoms with van der Waals surface area (Å²) in [6, 6.07) is 7.04. The fraction of sp³-hybridized carbons (Fsp3) is 0.562. The minimum atomic E-state index is -0.182. The van der Waals surface area contributed by atoms with E-state index in [1.807, 2.05) is 12.1 Å². The Morgan fingerprint density at radius 1 is 1.10 bits per heavy atom. The van der Waals surface area contributed by atoms with Gasteiger partial charge in [-0.1, -0.05) is 25.0 Å². The molecule has 5 heteroatoms. The number of hydrogen-bond donors (Lipinski definition) is 1. The zero-order valence-corrected chi connectivity index (χ0v) is 14.5. The van der Waals surface area contributed by atoms with E-state index in [0.29, 0.717) is 11.9 Å². The van der Waals surface area contributed by atoms with E-state index in [1.165, 1.54) is 43.4 Å². The number of nitrogens with zero attached hydrogens (tertiary/aromatic N) is 2. The summed E-state index contributed by atoms with van der Waals surface area (Å²) in [7, 11) is 0. The third-order valence-corrected chi connectivity index (χ3v) is 4.28. The maximum Gasteiger partial charge on any atom is 0.191 e. The molecule has 0 spiro atoms. The van der Waals surface area contributed by atoms with Crippen molar-refractivity contribution in [2.45, 2.75) is 44.1 Å². The van der Waals surface area contributed by atoms with Gasteiger partial charge in [0.15, 0.2) is 5.96 Å². The third kappa shape index (κ3) is 4.31. The van der Waals surface area contributed by atoms with Gasteiger partial charge in [-0.15, -0.1) is 24.0 Å². The Balaban J connectivity index is 0.00000161. The number of likely N-dealkylation sites (tertiary alicyclic amines) is 1. The maximum absolute atomic E-state index is 12.9. The summed E-state index contributed by atoms with van der Waals surface area (Å²) in [5.41, 5.74) is 7.31. The average Bonchev–Trinajstić information content (AvgIpc) is 3.22. The first-order valence-electron chi connectivity index (χ1n) is 7.58. The zero-order valence-electron chi connectivity index (χ0n) is 12.2. The lowest BCUT2D eigenvalue weighted by Crippen LogP contribution is -2.38. The molecule has 0 radical (unpaired) electrons. The SMILES string of the molecule is I.NC(=N[C@@H]1C[C@H]1c1ccc(F)cc1)N1CCCCCC1. The smallest absolute Gasteiger partial charge is 0.191 e. The highest BCUT2D eigenvalue weighted by molar-refractivity contribution is 14.0. The van der Waals surface area contributed by atoms with Gasteiger partial charge in [0.25, 0.3) is 0 Å². The van der Waals surface area contributed by atoms with Crippen molar-refractivity contribution in [2.24, 2.45) is 10.7 Å². The van der Waals surface area contributed by atoms with Crippen molar-refractivity contribution in [1.82, 2.24) is 4.90 Å². The van der Waals surface area contributed by atoms with Gasteiger partial charge in [0, 0.05) is 19.0 Å². The second-order valence-electron chi connectivity index (χ2n) is 5.85. The van der Waals surface area contributed by atoms with Crippen LogP contribution in [0, 0.1) is 5.82 Å². The number of nitrogens with two attached hydrogens (primary N) is 1. The number of benzene rings is 1. The fourth-order valence-corrected chi connectivity index (χ4v) is 2.94. The lowest BCUT2D eigenvalue weighted by molar-refractivity contribution is 0.428. The molecule has 1 aliphatic heterocycles. The van der Waals surface area contributed by atoms with Crippen molar-refractivity contribution in [3.63, 3.8) is 0 Å². The van der Waals surface area contributed by atoms with Crippen LogP contribution in [0.3, 0.4) is 0 Å². The van der Waals surface area contributed by atoms with Crippen molar-refractivity contribution in [3.8, 4) is 0 Å². The van der Waals surface area contributed by atoms with Crippen LogP contribution in [0.15, 0.2) is 29.3 Å². The Kier molecular flexibility index (Phi) is 5.84. The molecule has 1 saturated heterocycles. The summed E-state index contributed by atoms with van der Waals surface area (Å²) in [6.07, 6.45) is 6.04. The van der Waals surface area contributed by atoms with Crippen LogP contribution in [0.4, 0.5) is 4.39 Å². The Morgan fingerprint density at radius 3 is 2.33 bits per heavy atom. The molecule has 0 amide bonds. The van der Waals surface area contributed by atoms with Crippen LogP contribution < -0.4 is 5.73 Å². The van der Waals surface area contributed by atoms with Gasteiger partial charge >= 0.3 is 0 Å². The number of hydrogen-bond acceptors (Lipinski definition) is 1. The van der Waals surface area contributed by atoms with Crippen LogP contribution in [-0.2, 0) is 0 Å². The second kappa shape index (κ2) is 7.42. The number of guanidine groups is 1. The van der Waals surface area contributed by atoms with Gasteiger partial charge in [-0.05, 0) is 37.0 Å². The molecule has 0 bridgehead atoms. The van der Waals surface area contributed by atoms with Gasteiger partial charge in [0.1, 0.15) is 5.82 Å². The molecule has 1 saturated carbocycles. The van der Waals surface area contributed by atoms with E-state index in [4.69, 9.17) is 5.73 Å². The molecule has 2 atom stereocenters. The van der Waals surface area contributed by atoms with E-state index in [-0.39, 0.29) is 35.8 Å². The Bertz CT molecular complexity index is 481. The molecular formula is C16H23FIN3. The van der Waals surface area contributed by atoms with Gasteiger partial charge in [0.05, 0.1) is 6.04 Å². The van der Waals surface area contributed by atoms with Gasteiger partial charge in [-0.25, -0.2) is 9.38 Å². The van der Waals surface area contributed by atoms with Crippen LogP contribution in [-0.4, -0.2) is 30.0 Å². The quantitative estimate of drug-likeness (QED) is 0.467. The van der Waals surface area contributed by atoms with Crippen LogP contribution in [0.2, 0.25) is 0 Å². The first kappa shape index (κ1) is 16.5. The molecule has 2 fully saturated rings. The molecule has 1 heterocycles. The van der Waals surface area contributed by atoms with Crippen molar-refractivity contribution in [3.05, 3.63) is 35.6 Å². The van der Waals surface area contributed by atoms with Crippen molar-refractivity contribution in [2.75, 3.05) is 13.1 Å². The summed E-state index contributed by atoms with van der Waals surface area (Å²) in [4.78, 5) is 6.88. The summed E-state index contributed by atoms with van der Waals surface area (Å²) >= 11 is 0. The predicted octanol–water partition coefficient (Wildman–Crippen LogP) is 3.49. The topological polar surface area (TPSA) is 41.6 Å². The van der Waals surface area contributed by atoms with Gasteiger partial charge < -0.3 is 10.6 Å². The first-order valence-corrected chi connectivity index (χ1v) is 7.58. The Morgan fingerprint density at radius 2 is 1.71 bits per heavy atom. The van der Waals surface area contributed by atoms with Crippen molar-refractivity contribution in [1.29, 1.82) is 0 Å². The highest BCUT2D eigenvalue weighted by atomic mass is 127. The van der Waals surface area contributed by atoms with Crippen LogP contribution in [0.5, 0.6) is 0 Å². The minimum Gasteiger partial charge on any atom is -0.370 e. The number of rotatable bonds is 2. The highest BCUT2D eigenvalue weighted by Gasteiger charge is 2.38. The molecule has 2 aliphatic rings. The van der Waals surface area contributed by atoms with Gasteiger partial charge in [-0.3, -0.25) is 0 Å². The summed E-state index contributed by atoms with van der Waals surface area (Å²) < 4.78 is 12.9. The van der Waals surface area contributed by atoms with E-state index in [2.05, 4.69) is 9.89 Å². The second-order valence-corrected chi connectivity index (χ2v) is 5.85. The maximum atomic E-state index is 12.9. The van der Waals surface area contributed by atoms with Gasteiger partial charge in [0.2, 0.25) is 0 Å². The standard InChI is InChI=1S/C16H22FN3.HI/c17-13-7-5-12(6-8-13)14-11-15(14)19-16(18)20-9-3-1-2-4-10-20;/h5-8,14-15H,1-4,9-11H2,(H2,18,19);1H/t14-,15+;/m0./s1. The summed E-state index contributed by atoms with van der Waals surface area (Å²) in [5.74, 6) is 0.932. The molecule has 2 N–H and O–H groups in total. The van der Waals surface area contributed by atoms with Crippen LogP contribution in [0.1, 0.15) is 43.6 Å². The van der Waals surface area contributed by atoms with Crippen LogP contribution >= 0.6 is 24.0 Å². The van der Waals surface area contributed by atoms with E-state index in [1.54, 1.807) is 0 Å². The lowest BCUT2D eigenvalue weighted by atomic mass is 10.1. The lowest BCUT2D eigenvalue weighted by Gasteiger charge is -2.21. The van der Waals surface area contributed by atoms with Crippen LogP contribution in [0.25, 0.3) is 0 Å². The highest BCUT2D eigenvalue weighted by Crippen LogP contribution is 2.43. The molecule has 0 unspecified atom stereocenters. The van der Waals surface area contributed by atoms with E-state index in [0.717, 1.165) is 19.5 Å². The average molecular weight is 403 g/mol. The molecule has 1 aromatic rings. The number of aliphatic imine (C=N–C) groups is 1. The van der Waals surface area contributed by atoms with Crippen molar-refractivity contribution >= 4 is 29.9 Å². The Hall–Kier alpha value is -0.850. The molecular weight excluding hydrogens is 380 g/mol. The fourth-order valence-electron chi connectivity index (χ4n) is 2.94. The molecule has 3 nitrogen and oxygen atoms in total. The van der Waals surface area contributed by atoms with Gasteiger partial charge in [-0.2, -0.15) is 0 Å². The largest absolute Gasteiger partial charge is 0.370 e. The molecule has 21 heavy (non-hydrogen) atoms. The predicted molar refractivity (Wildman–Crippen MR) is 94.6 cm³/mol. The molecule has 0 aromatic heterocycles. The third-order valence-electron chi connectivity index (χ3n) is 4.28. The number of halogens is 2. The molecule has 3 rings (SSSR count). The Labute approximate surface area is 142 Å². The normalized spacial score (nSPS) is 26.0. The van der Waals surface area contributed by atoms with E-state index in [9.17, 15) is 4.39 Å².